The Morgan fingerprint density at radius 2 is 1.70 bits per heavy atom. The van der Waals surface area contributed by atoms with Gasteiger partial charge in [0.25, 0.3) is 0 Å². The molecule has 3 heteroatoms. The van der Waals surface area contributed by atoms with E-state index in [-0.39, 0.29) is 6.04 Å². The lowest BCUT2D eigenvalue weighted by molar-refractivity contribution is 0.476. The highest BCUT2D eigenvalue weighted by Crippen LogP contribution is 2.24. The highest BCUT2D eigenvalue weighted by molar-refractivity contribution is 5.76. The van der Waals surface area contributed by atoms with Crippen molar-refractivity contribution in [1.82, 2.24) is 9.55 Å². The molecule has 0 fully saturated rings. The maximum atomic E-state index is 6.45. The maximum Gasteiger partial charge on any atom is 0.126 e. The van der Waals surface area contributed by atoms with E-state index in [4.69, 9.17) is 10.7 Å². The Balaban J connectivity index is 1.92. The van der Waals surface area contributed by atoms with Crippen LogP contribution < -0.4 is 5.73 Å². The molecule has 2 aromatic carbocycles. The second-order valence-corrected chi connectivity index (χ2v) is 6.58. The van der Waals surface area contributed by atoms with Crippen molar-refractivity contribution >= 4 is 11.0 Å². The standard InChI is InChI=1S/C20H25N3/c1-15(2)14-17(21)20-22-18-10-6-7-11-19(18)23(20)13-12-16-8-4-3-5-9-16/h3-11,15,17H,12-14,21H2,1-2H3. The van der Waals surface area contributed by atoms with Crippen LogP contribution in [0.25, 0.3) is 11.0 Å². The molecule has 23 heavy (non-hydrogen) atoms. The van der Waals surface area contributed by atoms with Gasteiger partial charge in [0.2, 0.25) is 0 Å². The van der Waals surface area contributed by atoms with E-state index in [0.29, 0.717) is 5.92 Å². The first-order valence-electron chi connectivity index (χ1n) is 8.40. The molecule has 0 amide bonds. The Morgan fingerprint density at radius 3 is 2.43 bits per heavy atom. The number of para-hydroxylation sites is 2. The smallest absolute Gasteiger partial charge is 0.126 e. The van der Waals surface area contributed by atoms with Gasteiger partial charge in [-0.2, -0.15) is 0 Å². The van der Waals surface area contributed by atoms with Crippen molar-refractivity contribution in [2.24, 2.45) is 11.7 Å². The van der Waals surface area contributed by atoms with Crippen LogP contribution in [0.5, 0.6) is 0 Å². The molecular formula is C20H25N3. The lowest BCUT2D eigenvalue weighted by atomic mass is 10.0. The second kappa shape index (κ2) is 6.97. The molecule has 0 radical (unpaired) electrons. The quantitative estimate of drug-likeness (QED) is 0.737. The lowest BCUT2D eigenvalue weighted by Gasteiger charge is -2.16. The zero-order valence-corrected chi connectivity index (χ0v) is 13.9. The van der Waals surface area contributed by atoms with Crippen LogP contribution in [0.4, 0.5) is 0 Å². The largest absolute Gasteiger partial charge is 0.326 e. The van der Waals surface area contributed by atoms with Crippen LogP contribution in [0.1, 0.15) is 37.7 Å². The molecule has 0 aliphatic carbocycles. The fraction of sp³-hybridized carbons (Fsp3) is 0.350. The van der Waals surface area contributed by atoms with Gasteiger partial charge in [0, 0.05) is 6.54 Å². The van der Waals surface area contributed by atoms with Gasteiger partial charge in [0.15, 0.2) is 0 Å². The monoisotopic (exact) mass is 307 g/mol. The van der Waals surface area contributed by atoms with Gasteiger partial charge in [-0.25, -0.2) is 4.98 Å². The normalized spacial score (nSPS) is 12.9. The molecule has 3 rings (SSSR count). The SMILES string of the molecule is CC(C)CC(N)c1nc2ccccc2n1CCc1ccccc1. The number of nitrogens with two attached hydrogens (primary N) is 1. The van der Waals surface area contributed by atoms with Gasteiger partial charge in [-0.05, 0) is 36.5 Å². The third-order valence-electron chi connectivity index (χ3n) is 4.21. The zero-order valence-electron chi connectivity index (χ0n) is 13.9. The molecule has 1 unspecified atom stereocenters. The minimum absolute atomic E-state index is 0.0156. The lowest BCUT2D eigenvalue weighted by Crippen LogP contribution is -2.19. The van der Waals surface area contributed by atoms with Gasteiger partial charge in [-0.1, -0.05) is 56.3 Å². The molecule has 0 aliphatic heterocycles. The molecule has 0 aliphatic rings. The van der Waals surface area contributed by atoms with E-state index in [9.17, 15) is 0 Å². The summed E-state index contributed by atoms with van der Waals surface area (Å²) in [6, 6.07) is 18.9. The van der Waals surface area contributed by atoms with Crippen molar-refractivity contribution in [1.29, 1.82) is 0 Å². The van der Waals surface area contributed by atoms with E-state index < -0.39 is 0 Å². The average Bonchev–Trinajstić information content (AvgIpc) is 2.92. The minimum Gasteiger partial charge on any atom is -0.326 e. The van der Waals surface area contributed by atoms with Gasteiger partial charge in [0.05, 0.1) is 17.1 Å². The molecule has 1 aromatic heterocycles. The summed E-state index contributed by atoms with van der Waals surface area (Å²) in [6.45, 7) is 5.32. The van der Waals surface area contributed by atoms with Crippen molar-refractivity contribution in [3.8, 4) is 0 Å². The number of imidazole rings is 1. The topological polar surface area (TPSA) is 43.8 Å². The summed E-state index contributed by atoms with van der Waals surface area (Å²) in [4.78, 5) is 4.82. The molecular weight excluding hydrogens is 282 g/mol. The summed E-state index contributed by atoms with van der Waals surface area (Å²) in [7, 11) is 0. The third-order valence-corrected chi connectivity index (χ3v) is 4.21. The van der Waals surface area contributed by atoms with Gasteiger partial charge >= 0.3 is 0 Å². The molecule has 2 N–H and O–H groups in total. The van der Waals surface area contributed by atoms with Crippen molar-refractivity contribution in [2.75, 3.05) is 0 Å². The van der Waals surface area contributed by atoms with Crippen LogP contribution in [0.3, 0.4) is 0 Å². The number of benzene rings is 2. The summed E-state index contributed by atoms with van der Waals surface area (Å²) in [6.07, 6.45) is 1.94. The van der Waals surface area contributed by atoms with Crippen molar-refractivity contribution in [2.45, 2.75) is 39.3 Å². The Labute approximate surface area is 138 Å². The number of aromatic nitrogens is 2. The fourth-order valence-corrected chi connectivity index (χ4v) is 3.11. The summed E-state index contributed by atoms with van der Waals surface area (Å²) >= 11 is 0. The number of nitrogens with zero attached hydrogens (tertiary/aromatic N) is 2. The Bertz CT molecular complexity index is 759. The molecule has 1 atom stereocenters. The Hall–Kier alpha value is -2.13. The molecule has 3 aromatic rings. The fourth-order valence-electron chi connectivity index (χ4n) is 3.11. The predicted octanol–water partition coefficient (Wildman–Crippen LogP) is 4.32. The van der Waals surface area contributed by atoms with Gasteiger partial charge in [-0.3, -0.25) is 0 Å². The van der Waals surface area contributed by atoms with Crippen LogP contribution >= 0.6 is 0 Å². The van der Waals surface area contributed by atoms with Gasteiger partial charge in [-0.15, -0.1) is 0 Å². The zero-order chi connectivity index (χ0) is 16.2. The first-order valence-corrected chi connectivity index (χ1v) is 8.40. The molecule has 1 heterocycles. The summed E-state index contributed by atoms with van der Waals surface area (Å²) in [5.74, 6) is 1.57. The summed E-state index contributed by atoms with van der Waals surface area (Å²) < 4.78 is 2.30. The van der Waals surface area contributed by atoms with Crippen molar-refractivity contribution in [3.05, 3.63) is 66.0 Å². The molecule has 0 saturated carbocycles. The Kier molecular flexibility index (Phi) is 4.77. The third kappa shape index (κ3) is 3.62. The number of fused-ring (bicyclic) bond motifs is 1. The van der Waals surface area contributed by atoms with Gasteiger partial charge < -0.3 is 10.3 Å². The predicted molar refractivity (Wildman–Crippen MR) is 96.3 cm³/mol. The molecule has 0 bridgehead atoms. The molecule has 3 nitrogen and oxygen atoms in total. The van der Waals surface area contributed by atoms with Crippen molar-refractivity contribution < 1.29 is 0 Å². The highest BCUT2D eigenvalue weighted by Gasteiger charge is 2.17. The summed E-state index contributed by atoms with van der Waals surface area (Å²) in [5.41, 5.74) is 10.0. The number of hydrogen-bond acceptors (Lipinski definition) is 2. The van der Waals surface area contributed by atoms with E-state index in [1.165, 1.54) is 11.1 Å². The van der Waals surface area contributed by atoms with E-state index >= 15 is 0 Å². The number of aryl methyl sites for hydroxylation is 2. The first kappa shape index (κ1) is 15.8. The van der Waals surface area contributed by atoms with Crippen LogP contribution in [0.15, 0.2) is 54.6 Å². The minimum atomic E-state index is -0.0156. The second-order valence-electron chi connectivity index (χ2n) is 6.58. The maximum absolute atomic E-state index is 6.45. The van der Waals surface area contributed by atoms with E-state index in [1.54, 1.807) is 0 Å². The van der Waals surface area contributed by atoms with E-state index in [0.717, 1.165) is 30.7 Å². The Morgan fingerprint density at radius 1 is 1.00 bits per heavy atom. The van der Waals surface area contributed by atoms with Crippen molar-refractivity contribution in [3.63, 3.8) is 0 Å². The number of rotatable bonds is 6. The molecule has 0 spiro atoms. The number of hydrogen-bond donors (Lipinski definition) is 1. The first-order chi connectivity index (χ1) is 11.1. The van der Waals surface area contributed by atoms with E-state index in [2.05, 4.69) is 66.9 Å². The van der Waals surface area contributed by atoms with E-state index in [1.807, 2.05) is 6.07 Å². The van der Waals surface area contributed by atoms with Crippen LogP contribution in [0, 0.1) is 5.92 Å². The van der Waals surface area contributed by atoms with Crippen LogP contribution in [0.2, 0.25) is 0 Å². The average molecular weight is 307 g/mol. The molecule has 0 saturated heterocycles. The summed E-state index contributed by atoms with van der Waals surface area (Å²) in [5, 5.41) is 0. The highest BCUT2D eigenvalue weighted by atomic mass is 15.1. The van der Waals surface area contributed by atoms with Crippen LogP contribution in [-0.4, -0.2) is 9.55 Å². The van der Waals surface area contributed by atoms with Gasteiger partial charge in [0.1, 0.15) is 5.82 Å². The molecule has 120 valence electrons. The van der Waals surface area contributed by atoms with Crippen LogP contribution in [-0.2, 0) is 13.0 Å².